The first-order valence-electron chi connectivity index (χ1n) is 5.96. The molecule has 1 aromatic heterocycles. The van der Waals surface area contributed by atoms with Crippen molar-refractivity contribution in [3.63, 3.8) is 0 Å². The molecule has 1 N–H and O–H groups in total. The first-order chi connectivity index (χ1) is 8.48. The van der Waals surface area contributed by atoms with Gasteiger partial charge in [-0.3, -0.25) is 4.98 Å². The van der Waals surface area contributed by atoms with Crippen molar-refractivity contribution in [2.75, 3.05) is 18.6 Å². The highest BCUT2D eigenvalue weighted by atomic mass is 79.9. The Balaban J connectivity index is 2.58. The first-order valence-corrected chi connectivity index (χ1v) is 8.58. The molecule has 0 aliphatic heterocycles. The van der Waals surface area contributed by atoms with E-state index < -0.39 is 9.84 Å². The number of halogens is 1. The fraction of sp³-hybridized carbons (Fsp3) is 0.583. The van der Waals surface area contributed by atoms with Crippen molar-refractivity contribution in [2.45, 2.75) is 25.8 Å². The summed E-state index contributed by atoms with van der Waals surface area (Å²) in [4.78, 5) is 4.12. The van der Waals surface area contributed by atoms with Gasteiger partial charge < -0.3 is 5.32 Å². The van der Waals surface area contributed by atoms with Crippen molar-refractivity contribution < 1.29 is 8.42 Å². The van der Waals surface area contributed by atoms with Crippen LogP contribution in [0.2, 0.25) is 0 Å². The first kappa shape index (κ1) is 15.6. The summed E-state index contributed by atoms with van der Waals surface area (Å²) in [6.07, 6.45) is 4.99. The fourth-order valence-electron chi connectivity index (χ4n) is 1.75. The van der Waals surface area contributed by atoms with E-state index >= 15 is 0 Å². The lowest BCUT2D eigenvalue weighted by Crippen LogP contribution is -2.18. The van der Waals surface area contributed by atoms with Gasteiger partial charge in [-0.2, -0.15) is 0 Å². The van der Waals surface area contributed by atoms with Crippen LogP contribution >= 0.6 is 15.9 Å². The Hall–Kier alpha value is -0.460. The topological polar surface area (TPSA) is 59.1 Å². The highest BCUT2D eigenvalue weighted by Crippen LogP contribution is 2.20. The van der Waals surface area contributed by atoms with Gasteiger partial charge in [0, 0.05) is 28.7 Å². The van der Waals surface area contributed by atoms with Crippen molar-refractivity contribution in [3.8, 4) is 0 Å². The van der Waals surface area contributed by atoms with Crippen LogP contribution in [0.4, 0.5) is 0 Å². The summed E-state index contributed by atoms with van der Waals surface area (Å²) in [6.45, 7) is 1.68. The molecule has 0 radical (unpaired) electrons. The molecule has 0 aliphatic carbocycles. The zero-order valence-corrected chi connectivity index (χ0v) is 13.1. The molecule has 1 aromatic rings. The molecule has 102 valence electrons. The fourth-order valence-corrected chi connectivity index (χ4v) is 3.03. The maximum Gasteiger partial charge on any atom is 0.150 e. The Morgan fingerprint density at radius 2 is 2.17 bits per heavy atom. The van der Waals surface area contributed by atoms with Gasteiger partial charge in [0.1, 0.15) is 9.84 Å². The Morgan fingerprint density at radius 3 is 2.72 bits per heavy atom. The summed E-state index contributed by atoms with van der Waals surface area (Å²) in [5.41, 5.74) is 1.07. The van der Waals surface area contributed by atoms with E-state index in [1.54, 1.807) is 19.3 Å². The molecule has 1 heterocycles. The SMILES string of the molecule is CCS(=O)(=O)CCCC(NC)c1cncc(Br)c1. The molecule has 0 saturated heterocycles. The lowest BCUT2D eigenvalue weighted by atomic mass is 10.1. The summed E-state index contributed by atoms with van der Waals surface area (Å²) in [5, 5.41) is 3.19. The number of nitrogens with one attached hydrogen (secondary N) is 1. The van der Waals surface area contributed by atoms with Crippen LogP contribution in [0.15, 0.2) is 22.9 Å². The Labute approximate surface area is 117 Å². The number of rotatable bonds is 7. The summed E-state index contributed by atoms with van der Waals surface area (Å²) in [7, 11) is -0.992. The lowest BCUT2D eigenvalue weighted by molar-refractivity contribution is 0.534. The van der Waals surface area contributed by atoms with Crippen molar-refractivity contribution in [2.24, 2.45) is 0 Å². The maximum atomic E-state index is 11.4. The second kappa shape index (κ2) is 7.21. The van der Waals surface area contributed by atoms with Crippen LogP contribution in [0, 0.1) is 0 Å². The van der Waals surface area contributed by atoms with Gasteiger partial charge in [0.05, 0.1) is 5.75 Å². The molecule has 18 heavy (non-hydrogen) atoms. The molecule has 4 nitrogen and oxygen atoms in total. The Bertz CT molecular complexity index is 477. The molecule has 6 heteroatoms. The minimum absolute atomic E-state index is 0.141. The summed E-state index contributed by atoms with van der Waals surface area (Å²) < 4.78 is 23.8. The van der Waals surface area contributed by atoms with E-state index in [-0.39, 0.29) is 17.5 Å². The molecule has 0 aliphatic rings. The molecule has 0 fully saturated rings. The van der Waals surface area contributed by atoms with Crippen LogP contribution in [-0.4, -0.2) is 32.0 Å². The second-order valence-corrected chi connectivity index (χ2v) is 7.54. The molecule has 0 spiro atoms. The predicted octanol–water partition coefficient (Wildman–Crippen LogP) is 2.32. The molecule has 0 bridgehead atoms. The van der Waals surface area contributed by atoms with E-state index in [9.17, 15) is 8.42 Å². The van der Waals surface area contributed by atoms with Gasteiger partial charge in [0.25, 0.3) is 0 Å². The summed E-state index contributed by atoms with van der Waals surface area (Å²) in [5.74, 6) is 0.471. The van der Waals surface area contributed by atoms with E-state index in [1.165, 1.54) is 0 Å². The number of pyridine rings is 1. The van der Waals surface area contributed by atoms with E-state index in [1.807, 2.05) is 13.1 Å². The van der Waals surface area contributed by atoms with E-state index in [0.29, 0.717) is 6.42 Å². The minimum Gasteiger partial charge on any atom is -0.313 e. The molecule has 0 aromatic carbocycles. The molecule has 1 atom stereocenters. The number of nitrogens with zero attached hydrogens (tertiary/aromatic N) is 1. The Morgan fingerprint density at radius 1 is 1.44 bits per heavy atom. The van der Waals surface area contributed by atoms with Crippen LogP contribution in [0.3, 0.4) is 0 Å². The van der Waals surface area contributed by atoms with Gasteiger partial charge in [-0.1, -0.05) is 6.92 Å². The third kappa shape index (κ3) is 5.04. The van der Waals surface area contributed by atoms with E-state index in [0.717, 1.165) is 16.5 Å². The predicted molar refractivity (Wildman–Crippen MR) is 77.3 cm³/mol. The van der Waals surface area contributed by atoms with Crippen molar-refractivity contribution in [1.82, 2.24) is 10.3 Å². The lowest BCUT2D eigenvalue weighted by Gasteiger charge is -2.16. The molecule has 1 unspecified atom stereocenters. The maximum absolute atomic E-state index is 11.4. The normalized spacial score (nSPS) is 13.5. The van der Waals surface area contributed by atoms with Crippen LogP contribution in [0.1, 0.15) is 31.4 Å². The summed E-state index contributed by atoms with van der Waals surface area (Å²) >= 11 is 3.38. The van der Waals surface area contributed by atoms with Crippen molar-refractivity contribution in [3.05, 3.63) is 28.5 Å². The monoisotopic (exact) mass is 334 g/mol. The van der Waals surface area contributed by atoms with Crippen LogP contribution in [0.25, 0.3) is 0 Å². The smallest absolute Gasteiger partial charge is 0.150 e. The van der Waals surface area contributed by atoms with Crippen molar-refractivity contribution >= 4 is 25.8 Å². The summed E-state index contributed by atoms with van der Waals surface area (Å²) in [6, 6.07) is 2.14. The van der Waals surface area contributed by atoms with Gasteiger partial charge >= 0.3 is 0 Å². The third-order valence-corrected chi connectivity index (χ3v) is 5.09. The van der Waals surface area contributed by atoms with E-state index in [2.05, 4.69) is 26.2 Å². The van der Waals surface area contributed by atoms with Crippen LogP contribution < -0.4 is 5.32 Å². The van der Waals surface area contributed by atoms with Gasteiger partial charge in [-0.25, -0.2) is 8.42 Å². The highest BCUT2D eigenvalue weighted by molar-refractivity contribution is 9.10. The van der Waals surface area contributed by atoms with Gasteiger partial charge in [-0.05, 0) is 47.4 Å². The molecule has 0 saturated carbocycles. The molecule has 1 rings (SSSR count). The number of sulfone groups is 1. The third-order valence-electron chi connectivity index (χ3n) is 2.86. The molecular formula is C12H19BrN2O2S. The highest BCUT2D eigenvalue weighted by Gasteiger charge is 2.13. The number of hydrogen-bond acceptors (Lipinski definition) is 4. The minimum atomic E-state index is -2.87. The van der Waals surface area contributed by atoms with Gasteiger partial charge in [0.2, 0.25) is 0 Å². The quantitative estimate of drug-likeness (QED) is 0.831. The Kier molecular flexibility index (Phi) is 6.25. The number of hydrogen-bond donors (Lipinski definition) is 1. The van der Waals surface area contributed by atoms with Crippen LogP contribution in [0.5, 0.6) is 0 Å². The van der Waals surface area contributed by atoms with Gasteiger partial charge in [-0.15, -0.1) is 0 Å². The number of aromatic nitrogens is 1. The zero-order valence-electron chi connectivity index (χ0n) is 10.7. The zero-order chi connectivity index (χ0) is 13.6. The second-order valence-electron chi connectivity index (χ2n) is 4.16. The average Bonchev–Trinajstić information content (AvgIpc) is 2.34. The van der Waals surface area contributed by atoms with Crippen molar-refractivity contribution in [1.29, 1.82) is 0 Å². The largest absolute Gasteiger partial charge is 0.313 e. The molecular weight excluding hydrogens is 316 g/mol. The average molecular weight is 335 g/mol. The van der Waals surface area contributed by atoms with Crippen LogP contribution in [-0.2, 0) is 9.84 Å². The molecule has 0 amide bonds. The van der Waals surface area contributed by atoms with Gasteiger partial charge in [0.15, 0.2) is 0 Å². The standard InChI is InChI=1S/C12H19BrN2O2S/c1-3-18(16,17)6-4-5-12(14-2)10-7-11(13)9-15-8-10/h7-9,12,14H,3-6H2,1-2H3. The van der Waals surface area contributed by atoms with E-state index in [4.69, 9.17) is 0 Å².